The lowest BCUT2D eigenvalue weighted by Gasteiger charge is -2.25. The van der Waals surface area contributed by atoms with E-state index < -0.39 is 0 Å². The quantitative estimate of drug-likeness (QED) is 0.830. The monoisotopic (exact) mass is 347 g/mol. The molecule has 5 heteroatoms. The molecule has 0 N–H and O–H groups in total. The third-order valence-corrected chi connectivity index (χ3v) is 3.96. The van der Waals surface area contributed by atoms with Gasteiger partial charge in [0.15, 0.2) is 0 Å². The van der Waals surface area contributed by atoms with Crippen molar-refractivity contribution in [2.45, 2.75) is 25.5 Å². The molecule has 1 aromatic heterocycles. The van der Waals surface area contributed by atoms with E-state index in [1.807, 2.05) is 6.07 Å². The number of anilines is 1. The Kier molecular flexibility index (Phi) is 4.83. The summed E-state index contributed by atoms with van der Waals surface area (Å²) in [6.07, 6.45) is 6.11. The summed E-state index contributed by atoms with van der Waals surface area (Å²) < 4.78 is 6.65. The van der Waals surface area contributed by atoms with E-state index in [4.69, 9.17) is 4.74 Å². The fraction of sp³-hybridized carbons (Fsp3) is 0.375. The van der Waals surface area contributed by atoms with Gasteiger partial charge in [-0.25, -0.2) is 9.97 Å². The Hall–Kier alpha value is -1.46. The Morgan fingerprint density at radius 2 is 1.95 bits per heavy atom. The second-order valence-electron chi connectivity index (χ2n) is 5.20. The molecule has 2 heterocycles. The molecule has 0 radical (unpaired) electrons. The molecular weight excluding hydrogens is 330 g/mol. The first-order chi connectivity index (χ1) is 10.3. The summed E-state index contributed by atoms with van der Waals surface area (Å²) in [5.74, 6) is 0.748. The molecule has 3 rings (SSSR count). The van der Waals surface area contributed by atoms with Gasteiger partial charge in [0.25, 0.3) is 0 Å². The van der Waals surface area contributed by atoms with Crippen molar-refractivity contribution < 1.29 is 4.74 Å². The van der Waals surface area contributed by atoms with E-state index in [0.717, 1.165) is 43.0 Å². The molecule has 1 aromatic carbocycles. The number of ether oxygens (including phenoxy) is 1. The Bertz CT molecular complexity index is 555. The molecule has 0 spiro atoms. The summed E-state index contributed by atoms with van der Waals surface area (Å²) in [6, 6.07) is 10.4. The van der Waals surface area contributed by atoms with Crippen molar-refractivity contribution in [2.24, 2.45) is 0 Å². The Morgan fingerprint density at radius 3 is 2.62 bits per heavy atom. The first kappa shape index (κ1) is 14.5. The summed E-state index contributed by atoms with van der Waals surface area (Å²) >= 11 is 3.38. The maximum absolute atomic E-state index is 5.76. The predicted molar refractivity (Wildman–Crippen MR) is 86.2 cm³/mol. The third kappa shape index (κ3) is 4.02. The molecule has 4 nitrogen and oxygen atoms in total. The minimum atomic E-state index is 0.279. The van der Waals surface area contributed by atoms with Gasteiger partial charge in [0.2, 0.25) is 5.95 Å². The number of rotatable bonds is 5. The van der Waals surface area contributed by atoms with Crippen LogP contribution in [0.4, 0.5) is 5.95 Å². The van der Waals surface area contributed by atoms with Crippen LogP contribution in [0.15, 0.2) is 47.2 Å². The average Bonchev–Trinajstić information content (AvgIpc) is 3.01. The highest BCUT2D eigenvalue weighted by Crippen LogP contribution is 2.19. The molecular formula is C16H18BrN3O. The summed E-state index contributed by atoms with van der Waals surface area (Å²) in [7, 11) is 0. The van der Waals surface area contributed by atoms with Crippen molar-refractivity contribution in [3.63, 3.8) is 0 Å². The standard InChI is InChI=1S/C16H18BrN3O/c17-14-9-18-16(19-10-14)20(12-15-7-4-8-21-15)11-13-5-2-1-3-6-13/h1-3,5-6,9-10,15H,4,7-8,11-12H2. The lowest BCUT2D eigenvalue weighted by atomic mass is 10.2. The largest absolute Gasteiger partial charge is 0.376 e. The maximum Gasteiger partial charge on any atom is 0.225 e. The van der Waals surface area contributed by atoms with Crippen molar-refractivity contribution in [1.29, 1.82) is 0 Å². The molecule has 1 saturated heterocycles. The molecule has 110 valence electrons. The number of nitrogens with zero attached hydrogens (tertiary/aromatic N) is 3. The molecule has 1 fully saturated rings. The van der Waals surface area contributed by atoms with Gasteiger partial charge in [-0.05, 0) is 34.3 Å². The molecule has 0 aliphatic carbocycles. The molecule has 21 heavy (non-hydrogen) atoms. The fourth-order valence-electron chi connectivity index (χ4n) is 2.52. The highest BCUT2D eigenvalue weighted by molar-refractivity contribution is 9.10. The molecule has 2 aromatic rings. The summed E-state index contributed by atoms with van der Waals surface area (Å²) in [5.41, 5.74) is 1.25. The number of hydrogen-bond donors (Lipinski definition) is 0. The third-order valence-electron chi connectivity index (χ3n) is 3.55. The van der Waals surface area contributed by atoms with Gasteiger partial charge in [0, 0.05) is 32.1 Å². The Balaban J connectivity index is 1.77. The van der Waals surface area contributed by atoms with E-state index in [1.54, 1.807) is 12.4 Å². The predicted octanol–water partition coefficient (Wildman–Crippen LogP) is 3.42. The molecule has 0 saturated carbocycles. The lowest BCUT2D eigenvalue weighted by molar-refractivity contribution is 0.115. The van der Waals surface area contributed by atoms with Crippen LogP contribution in [0.5, 0.6) is 0 Å². The molecule has 1 aliphatic heterocycles. The first-order valence-corrected chi connectivity index (χ1v) is 7.98. The van der Waals surface area contributed by atoms with E-state index in [9.17, 15) is 0 Å². The number of aromatic nitrogens is 2. The van der Waals surface area contributed by atoms with E-state index in [0.29, 0.717) is 0 Å². The maximum atomic E-state index is 5.76. The Morgan fingerprint density at radius 1 is 1.19 bits per heavy atom. The van der Waals surface area contributed by atoms with E-state index in [2.05, 4.69) is 55.1 Å². The summed E-state index contributed by atoms with van der Waals surface area (Å²) in [4.78, 5) is 11.1. The molecule has 0 amide bonds. The smallest absolute Gasteiger partial charge is 0.225 e. The lowest BCUT2D eigenvalue weighted by Crippen LogP contribution is -2.33. The van der Waals surface area contributed by atoms with Gasteiger partial charge < -0.3 is 9.64 Å². The van der Waals surface area contributed by atoms with Gasteiger partial charge >= 0.3 is 0 Å². The second kappa shape index (κ2) is 7.00. The van der Waals surface area contributed by atoms with Crippen LogP contribution >= 0.6 is 15.9 Å². The van der Waals surface area contributed by atoms with E-state index >= 15 is 0 Å². The van der Waals surface area contributed by atoms with Crippen molar-refractivity contribution in [3.8, 4) is 0 Å². The van der Waals surface area contributed by atoms with Crippen LogP contribution in [0.25, 0.3) is 0 Å². The molecule has 1 aliphatic rings. The summed E-state index contributed by atoms with van der Waals surface area (Å²) in [5, 5.41) is 0. The van der Waals surface area contributed by atoms with Gasteiger partial charge in [-0.1, -0.05) is 30.3 Å². The molecule has 1 atom stereocenters. The van der Waals surface area contributed by atoms with Gasteiger partial charge in [-0.3, -0.25) is 0 Å². The minimum Gasteiger partial charge on any atom is -0.376 e. The van der Waals surface area contributed by atoms with Gasteiger partial charge in [-0.2, -0.15) is 0 Å². The Labute approximate surface area is 133 Å². The zero-order valence-electron chi connectivity index (χ0n) is 11.8. The van der Waals surface area contributed by atoms with Crippen molar-refractivity contribution in [3.05, 3.63) is 52.8 Å². The highest BCUT2D eigenvalue weighted by atomic mass is 79.9. The van der Waals surface area contributed by atoms with Crippen molar-refractivity contribution >= 4 is 21.9 Å². The van der Waals surface area contributed by atoms with Crippen LogP contribution in [0.1, 0.15) is 18.4 Å². The van der Waals surface area contributed by atoms with Gasteiger partial charge in [0.1, 0.15) is 0 Å². The van der Waals surface area contributed by atoms with Crippen LogP contribution in [-0.4, -0.2) is 29.2 Å². The number of halogens is 1. The van der Waals surface area contributed by atoms with Crippen molar-refractivity contribution in [1.82, 2.24) is 9.97 Å². The van der Waals surface area contributed by atoms with Crippen LogP contribution in [0.2, 0.25) is 0 Å². The van der Waals surface area contributed by atoms with Crippen LogP contribution in [-0.2, 0) is 11.3 Å². The van der Waals surface area contributed by atoms with Crippen LogP contribution in [0, 0.1) is 0 Å². The average molecular weight is 348 g/mol. The zero-order chi connectivity index (χ0) is 14.5. The van der Waals surface area contributed by atoms with Crippen LogP contribution < -0.4 is 4.90 Å². The SMILES string of the molecule is Brc1cnc(N(Cc2ccccc2)CC2CCCO2)nc1. The van der Waals surface area contributed by atoms with Gasteiger partial charge in [-0.15, -0.1) is 0 Å². The van der Waals surface area contributed by atoms with E-state index in [-0.39, 0.29) is 6.10 Å². The first-order valence-electron chi connectivity index (χ1n) is 7.19. The normalized spacial score (nSPS) is 17.9. The van der Waals surface area contributed by atoms with Crippen LogP contribution in [0.3, 0.4) is 0 Å². The second-order valence-corrected chi connectivity index (χ2v) is 6.12. The fourth-order valence-corrected chi connectivity index (χ4v) is 2.73. The van der Waals surface area contributed by atoms with Crippen molar-refractivity contribution in [2.75, 3.05) is 18.1 Å². The van der Waals surface area contributed by atoms with Gasteiger partial charge in [0.05, 0.1) is 10.6 Å². The number of benzene rings is 1. The molecule has 0 bridgehead atoms. The highest BCUT2D eigenvalue weighted by Gasteiger charge is 2.21. The number of hydrogen-bond acceptors (Lipinski definition) is 4. The van der Waals surface area contributed by atoms with E-state index in [1.165, 1.54) is 5.56 Å². The molecule has 1 unspecified atom stereocenters. The summed E-state index contributed by atoms with van der Waals surface area (Å²) in [6.45, 7) is 2.49. The zero-order valence-corrected chi connectivity index (χ0v) is 13.4. The minimum absolute atomic E-state index is 0.279. The topological polar surface area (TPSA) is 38.2 Å².